The van der Waals surface area contributed by atoms with Gasteiger partial charge in [-0.15, -0.1) is 0 Å². The summed E-state index contributed by atoms with van der Waals surface area (Å²) in [6, 6.07) is 17.0. The third kappa shape index (κ3) is 6.87. The lowest BCUT2D eigenvalue weighted by molar-refractivity contribution is 0.289. The van der Waals surface area contributed by atoms with Crippen LogP contribution >= 0.6 is 0 Å². The minimum atomic E-state index is 0.240. The van der Waals surface area contributed by atoms with E-state index in [0.29, 0.717) is 11.7 Å². The highest BCUT2D eigenvalue weighted by Crippen LogP contribution is 2.38. The number of aryl methyl sites for hydroxylation is 1. The summed E-state index contributed by atoms with van der Waals surface area (Å²) in [5.41, 5.74) is 7.57. The SMILES string of the molecule is COc1ccc(C2CCc3cc(O)ccc3C2)c(NC(C)Cc2ccc(CCN3CCCCCC3)cn2)c1. The molecule has 38 heavy (non-hydrogen) atoms. The zero-order chi connectivity index (χ0) is 26.3. The van der Waals surface area contributed by atoms with Crippen molar-refractivity contribution >= 4 is 5.69 Å². The molecule has 3 aromatic rings. The number of aromatic hydroxyl groups is 1. The highest BCUT2D eigenvalue weighted by Gasteiger charge is 2.23. The van der Waals surface area contributed by atoms with Crippen LogP contribution in [0.3, 0.4) is 0 Å². The molecule has 2 aromatic carbocycles. The summed E-state index contributed by atoms with van der Waals surface area (Å²) in [5, 5.41) is 13.7. The van der Waals surface area contributed by atoms with Crippen molar-refractivity contribution in [3.05, 3.63) is 82.7 Å². The summed E-state index contributed by atoms with van der Waals surface area (Å²) >= 11 is 0. The van der Waals surface area contributed by atoms with Gasteiger partial charge in [-0.3, -0.25) is 4.98 Å². The van der Waals surface area contributed by atoms with E-state index in [0.717, 1.165) is 55.8 Å². The van der Waals surface area contributed by atoms with Gasteiger partial charge in [-0.05, 0) is 111 Å². The van der Waals surface area contributed by atoms with E-state index in [2.05, 4.69) is 59.7 Å². The first kappa shape index (κ1) is 26.6. The molecule has 1 aliphatic heterocycles. The van der Waals surface area contributed by atoms with E-state index in [1.54, 1.807) is 7.11 Å². The smallest absolute Gasteiger partial charge is 0.120 e. The lowest BCUT2D eigenvalue weighted by atomic mass is 9.79. The molecule has 202 valence electrons. The van der Waals surface area contributed by atoms with Gasteiger partial charge in [0.15, 0.2) is 0 Å². The van der Waals surface area contributed by atoms with Crippen LogP contribution in [-0.4, -0.2) is 47.8 Å². The molecule has 2 N–H and O–H groups in total. The van der Waals surface area contributed by atoms with Gasteiger partial charge in [-0.1, -0.05) is 31.0 Å². The molecule has 2 atom stereocenters. The van der Waals surface area contributed by atoms with E-state index in [1.807, 2.05) is 12.1 Å². The largest absolute Gasteiger partial charge is 0.508 e. The third-order valence-electron chi connectivity index (χ3n) is 8.34. The highest BCUT2D eigenvalue weighted by molar-refractivity contribution is 5.58. The number of benzene rings is 2. The minimum Gasteiger partial charge on any atom is -0.508 e. The molecule has 0 radical (unpaired) electrons. The van der Waals surface area contributed by atoms with Crippen molar-refractivity contribution in [3.8, 4) is 11.5 Å². The number of aromatic nitrogens is 1. The van der Waals surface area contributed by atoms with Gasteiger partial charge in [0.2, 0.25) is 0 Å². The second-order valence-electron chi connectivity index (χ2n) is 11.3. The average Bonchev–Trinajstić information content (AvgIpc) is 3.21. The van der Waals surface area contributed by atoms with Crippen molar-refractivity contribution in [2.75, 3.05) is 32.1 Å². The molecule has 0 amide bonds. The lowest BCUT2D eigenvalue weighted by Crippen LogP contribution is -2.27. The summed E-state index contributed by atoms with van der Waals surface area (Å²) in [7, 11) is 1.73. The zero-order valence-electron chi connectivity index (χ0n) is 23.1. The van der Waals surface area contributed by atoms with Gasteiger partial charge in [0.25, 0.3) is 0 Å². The van der Waals surface area contributed by atoms with Gasteiger partial charge in [0.05, 0.1) is 7.11 Å². The maximum absolute atomic E-state index is 9.87. The zero-order valence-corrected chi connectivity index (χ0v) is 23.1. The van der Waals surface area contributed by atoms with Gasteiger partial charge < -0.3 is 20.1 Å². The third-order valence-corrected chi connectivity index (χ3v) is 8.34. The maximum Gasteiger partial charge on any atom is 0.120 e. The van der Waals surface area contributed by atoms with Crippen LogP contribution in [0.2, 0.25) is 0 Å². The van der Waals surface area contributed by atoms with Crippen LogP contribution in [0.25, 0.3) is 0 Å². The summed E-state index contributed by atoms with van der Waals surface area (Å²) in [6.45, 7) is 5.87. The Morgan fingerprint density at radius 1 is 1.03 bits per heavy atom. The predicted octanol–water partition coefficient (Wildman–Crippen LogP) is 6.53. The first-order valence-corrected chi connectivity index (χ1v) is 14.5. The number of fused-ring (bicyclic) bond motifs is 1. The molecule has 0 saturated carbocycles. The van der Waals surface area contributed by atoms with Gasteiger partial charge in [-0.25, -0.2) is 0 Å². The van der Waals surface area contributed by atoms with E-state index >= 15 is 0 Å². The Bertz CT molecular complexity index is 1190. The van der Waals surface area contributed by atoms with Crippen molar-refractivity contribution in [1.82, 2.24) is 9.88 Å². The van der Waals surface area contributed by atoms with Gasteiger partial charge in [0, 0.05) is 42.7 Å². The number of pyridine rings is 1. The normalized spacial score (nSPS) is 18.8. The van der Waals surface area contributed by atoms with Gasteiger partial charge in [0.1, 0.15) is 11.5 Å². The van der Waals surface area contributed by atoms with Crippen LogP contribution in [0.1, 0.15) is 72.9 Å². The first-order chi connectivity index (χ1) is 18.6. The fourth-order valence-corrected chi connectivity index (χ4v) is 6.15. The predicted molar refractivity (Wildman–Crippen MR) is 156 cm³/mol. The quantitative estimate of drug-likeness (QED) is 0.341. The molecule has 2 heterocycles. The maximum atomic E-state index is 9.87. The van der Waals surface area contributed by atoms with Crippen molar-refractivity contribution < 1.29 is 9.84 Å². The number of nitrogens with zero attached hydrogens (tertiary/aromatic N) is 2. The van der Waals surface area contributed by atoms with E-state index in [1.165, 1.54) is 61.0 Å². The second kappa shape index (κ2) is 12.7. The van der Waals surface area contributed by atoms with E-state index in [-0.39, 0.29) is 6.04 Å². The first-order valence-electron chi connectivity index (χ1n) is 14.5. The number of hydrogen-bond acceptors (Lipinski definition) is 5. The summed E-state index contributed by atoms with van der Waals surface area (Å²) in [4.78, 5) is 7.44. The Morgan fingerprint density at radius 3 is 2.63 bits per heavy atom. The van der Waals surface area contributed by atoms with Crippen LogP contribution < -0.4 is 10.1 Å². The minimum absolute atomic E-state index is 0.240. The van der Waals surface area contributed by atoms with Crippen LogP contribution in [0.15, 0.2) is 54.7 Å². The topological polar surface area (TPSA) is 57.6 Å². The van der Waals surface area contributed by atoms with Crippen molar-refractivity contribution in [2.45, 2.75) is 76.7 Å². The molecule has 0 bridgehead atoms. The van der Waals surface area contributed by atoms with Gasteiger partial charge in [-0.2, -0.15) is 0 Å². The highest BCUT2D eigenvalue weighted by atomic mass is 16.5. The summed E-state index contributed by atoms with van der Waals surface area (Å²) in [6.07, 6.45) is 12.5. The summed E-state index contributed by atoms with van der Waals surface area (Å²) < 4.78 is 5.57. The standard InChI is InChI=1S/C33H43N3O2/c1-24(19-29-11-7-25(23-34-29)15-18-36-16-5-3-4-6-17-36)35-33-22-31(38-2)13-14-32(33)28-9-8-27-21-30(37)12-10-26(27)20-28/h7,10-14,21-24,28,35,37H,3-6,8-9,15-20H2,1-2H3. The number of likely N-dealkylation sites (tertiary alicyclic amines) is 1. The second-order valence-corrected chi connectivity index (χ2v) is 11.3. The monoisotopic (exact) mass is 513 g/mol. The molecule has 0 spiro atoms. The molecule has 1 saturated heterocycles. The number of anilines is 1. The number of ether oxygens (including phenoxy) is 1. The molecule has 1 aliphatic carbocycles. The number of phenolic OH excluding ortho intramolecular Hbond substituents is 1. The Kier molecular flexibility index (Phi) is 8.85. The fraction of sp³-hybridized carbons (Fsp3) is 0.485. The molecule has 1 fully saturated rings. The van der Waals surface area contributed by atoms with Crippen molar-refractivity contribution in [3.63, 3.8) is 0 Å². The van der Waals surface area contributed by atoms with E-state index in [9.17, 15) is 5.11 Å². The number of rotatable bonds is 9. The number of nitrogens with one attached hydrogen (secondary N) is 1. The Labute approximate surface area is 228 Å². The number of hydrogen-bond donors (Lipinski definition) is 2. The summed E-state index contributed by atoms with van der Waals surface area (Å²) in [5.74, 6) is 1.67. The molecule has 5 rings (SSSR count). The molecule has 5 heteroatoms. The Hall–Kier alpha value is -3.05. The van der Waals surface area contributed by atoms with Crippen LogP contribution in [0.4, 0.5) is 5.69 Å². The molecule has 5 nitrogen and oxygen atoms in total. The van der Waals surface area contributed by atoms with Gasteiger partial charge >= 0.3 is 0 Å². The van der Waals surface area contributed by atoms with Crippen molar-refractivity contribution in [1.29, 1.82) is 0 Å². The van der Waals surface area contributed by atoms with Crippen molar-refractivity contribution in [2.24, 2.45) is 0 Å². The van der Waals surface area contributed by atoms with Crippen LogP contribution in [-0.2, 0) is 25.7 Å². The average molecular weight is 514 g/mol. The molecule has 2 unspecified atom stereocenters. The molecule has 2 aliphatic rings. The van der Waals surface area contributed by atoms with E-state index in [4.69, 9.17) is 9.72 Å². The number of methoxy groups -OCH3 is 1. The molecular formula is C33H43N3O2. The Balaban J connectivity index is 1.21. The fourth-order valence-electron chi connectivity index (χ4n) is 6.15. The Morgan fingerprint density at radius 2 is 1.87 bits per heavy atom. The molecule has 1 aromatic heterocycles. The molecular weight excluding hydrogens is 470 g/mol. The number of phenols is 1. The van der Waals surface area contributed by atoms with Crippen LogP contribution in [0.5, 0.6) is 11.5 Å². The lowest BCUT2D eigenvalue weighted by Gasteiger charge is -2.28. The van der Waals surface area contributed by atoms with E-state index < -0.39 is 0 Å². The van der Waals surface area contributed by atoms with Crippen LogP contribution in [0, 0.1) is 0 Å².